The van der Waals surface area contributed by atoms with Crippen molar-refractivity contribution in [2.24, 2.45) is 23.7 Å². The zero-order valence-corrected chi connectivity index (χ0v) is 42.8. The fourth-order valence-electron chi connectivity index (χ4n) is 15.4. The summed E-state index contributed by atoms with van der Waals surface area (Å²) in [4.78, 5) is 4.79. The van der Waals surface area contributed by atoms with E-state index in [0.29, 0.717) is 11.8 Å². The normalized spacial score (nSPS) is 20.0. The van der Waals surface area contributed by atoms with E-state index >= 15 is 0 Å². The number of rotatable bonds is 8. The van der Waals surface area contributed by atoms with E-state index in [4.69, 9.17) is 8.83 Å². The summed E-state index contributed by atoms with van der Waals surface area (Å²) in [5, 5.41) is 4.70. The molecule has 4 saturated carbocycles. The monoisotopic (exact) mass is 980 g/mol. The summed E-state index contributed by atoms with van der Waals surface area (Å²) < 4.78 is 14.9. The molecular formula is C72H56N2O2. The molecule has 2 heterocycles. The summed E-state index contributed by atoms with van der Waals surface area (Å²) in [6.07, 6.45) is 6.42. The third-order valence-corrected chi connectivity index (χ3v) is 18.3. The number of hydrogen-bond acceptors (Lipinski definition) is 4. The standard InChI is InChI=1S/C72H56N2O2/c1-44-13-9-21-54(33-44)73(56-23-11-19-50(40-56)48-15-5-3-6-16-48)58-26-32-66-65(42-58)64-31-29-62-61-28-30-63-60-27-25-59(74(55-22-10-14-45(2)34-55)57-24-12-20-51(41-57)49-17-7-4-8-18-49)43-67(60)76-70(63)68(61)72(69(62)71(64)75-66)52-36-46-35-47(38-52)39-53(72)37-46/h3-34,40-43,46-47,52-53H,35-39H2,1-2H3. The molecule has 0 amide bonds. The van der Waals surface area contributed by atoms with E-state index in [1.54, 1.807) is 0 Å². The number of aryl methyl sites for hydroxylation is 2. The van der Waals surface area contributed by atoms with Crippen LogP contribution in [0, 0.1) is 37.5 Å². The predicted molar refractivity (Wildman–Crippen MR) is 314 cm³/mol. The van der Waals surface area contributed by atoms with Gasteiger partial charge in [0.15, 0.2) is 0 Å². The van der Waals surface area contributed by atoms with Crippen LogP contribution in [0.25, 0.3) is 77.3 Å². The van der Waals surface area contributed by atoms with Gasteiger partial charge in [-0.2, -0.15) is 0 Å². The summed E-state index contributed by atoms with van der Waals surface area (Å²) in [5.41, 5.74) is 23.1. The number of hydrogen-bond donors (Lipinski definition) is 0. The van der Waals surface area contributed by atoms with Crippen LogP contribution < -0.4 is 9.80 Å². The average Bonchev–Trinajstić information content (AvgIpc) is 4.27. The maximum absolute atomic E-state index is 7.52. The van der Waals surface area contributed by atoms with Gasteiger partial charge < -0.3 is 18.6 Å². The molecule has 0 aliphatic heterocycles. The van der Waals surface area contributed by atoms with Gasteiger partial charge in [0.1, 0.15) is 22.3 Å². The van der Waals surface area contributed by atoms with E-state index in [-0.39, 0.29) is 5.41 Å². The van der Waals surface area contributed by atoms with E-state index in [1.807, 2.05) is 0 Å². The van der Waals surface area contributed by atoms with E-state index in [9.17, 15) is 0 Å². The van der Waals surface area contributed by atoms with Crippen LogP contribution in [0.15, 0.2) is 227 Å². The first-order valence-electron chi connectivity index (χ1n) is 27.5. The lowest BCUT2D eigenvalue weighted by atomic mass is 9.43. The summed E-state index contributed by atoms with van der Waals surface area (Å²) >= 11 is 0. The van der Waals surface area contributed by atoms with Crippen LogP contribution >= 0.6 is 0 Å². The van der Waals surface area contributed by atoms with Crippen molar-refractivity contribution in [1.82, 2.24) is 0 Å². The molecule has 4 heteroatoms. The molecular weight excluding hydrogens is 925 g/mol. The highest BCUT2D eigenvalue weighted by molar-refractivity contribution is 6.14. The van der Waals surface area contributed by atoms with Gasteiger partial charge in [0.05, 0.1) is 0 Å². The molecule has 5 aliphatic carbocycles. The van der Waals surface area contributed by atoms with Crippen LogP contribution in [-0.4, -0.2) is 0 Å². The Hall–Kier alpha value is -8.60. The average molecular weight is 981 g/mol. The molecule has 0 atom stereocenters. The first kappa shape index (κ1) is 43.8. The van der Waals surface area contributed by atoms with Gasteiger partial charge in [-0.3, -0.25) is 0 Å². The molecule has 366 valence electrons. The molecule has 1 spiro atoms. The Morgan fingerprint density at radius 2 is 0.776 bits per heavy atom. The van der Waals surface area contributed by atoms with Crippen molar-refractivity contribution >= 4 is 78.0 Å². The second-order valence-electron chi connectivity index (χ2n) is 22.6. The zero-order valence-electron chi connectivity index (χ0n) is 42.8. The van der Waals surface area contributed by atoms with Crippen LogP contribution in [0.1, 0.15) is 54.4 Å². The SMILES string of the molecule is Cc1cccc(N(c2cccc(-c3ccccc3)c2)c2ccc3c(c2)oc2c4c(ccc23)-c2ccc3c(oc5ccc(N(c6cccc(C)c6)c6cccc(-c7ccccc7)c6)cc53)c2C42C3CC4CC(C3)CC2C4)c1. The maximum atomic E-state index is 7.52. The molecule has 17 rings (SSSR count). The number of anilines is 6. The molecule has 4 fully saturated rings. The van der Waals surface area contributed by atoms with Crippen molar-refractivity contribution in [3.63, 3.8) is 0 Å². The number of benzene rings is 10. The first-order valence-corrected chi connectivity index (χ1v) is 27.5. The van der Waals surface area contributed by atoms with Gasteiger partial charge in [-0.05, 0) is 205 Å². The molecule has 5 aliphatic rings. The van der Waals surface area contributed by atoms with Gasteiger partial charge in [0, 0.05) is 78.3 Å². The van der Waals surface area contributed by atoms with Crippen LogP contribution in [0.2, 0.25) is 0 Å². The second kappa shape index (κ2) is 16.7. The topological polar surface area (TPSA) is 32.8 Å². The molecule has 4 nitrogen and oxygen atoms in total. The van der Waals surface area contributed by atoms with Crippen LogP contribution in [0.5, 0.6) is 0 Å². The highest BCUT2D eigenvalue weighted by atomic mass is 16.3. The van der Waals surface area contributed by atoms with Crippen LogP contribution in [0.3, 0.4) is 0 Å². The predicted octanol–water partition coefficient (Wildman–Crippen LogP) is 20.1. The summed E-state index contributed by atoms with van der Waals surface area (Å²) in [7, 11) is 0. The minimum absolute atomic E-state index is 0.221. The lowest BCUT2D eigenvalue weighted by Crippen LogP contribution is -2.55. The molecule has 0 saturated heterocycles. The van der Waals surface area contributed by atoms with Gasteiger partial charge >= 0.3 is 0 Å². The van der Waals surface area contributed by atoms with E-state index in [0.717, 1.165) is 79.1 Å². The fourth-order valence-corrected chi connectivity index (χ4v) is 15.4. The highest BCUT2D eigenvalue weighted by Crippen LogP contribution is 2.71. The van der Waals surface area contributed by atoms with Crippen molar-refractivity contribution in [3.8, 4) is 33.4 Å². The molecule has 10 aromatic carbocycles. The Morgan fingerprint density at radius 1 is 0.342 bits per heavy atom. The maximum Gasteiger partial charge on any atom is 0.140 e. The van der Waals surface area contributed by atoms with Crippen molar-refractivity contribution < 1.29 is 8.83 Å². The molecule has 0 radical (unpaired) electrons. The lowest BCUT2D eigenvalue weighted by Gasteiger charge is -2.60. The van der Waals surface area contributed by atoms with Crippen LogP contribution in [0.4, 0.5) is 34.1 Å². The third kappa shape index (κ3) is 6.56. The van der Waals surface area contributed by atoms with E-state index in [1.165, 1.54) is 98.5 Å². The number of fused-ring (bicyclic) bond motifs is 11. The van der Waals surface area contributed by atoms with Crippen molar-refractivity contribution in [2.75, 3.05) is 9.80 Å². The Balaban J connectivity index is 0.872. The Morgan fingerprint density at radius 3 is 1.32 bits per heavy atom. The van der Waals surface area contributed by atoms with Crippen LogP contribution in [-0.2, 0) is 5.41 Å². The first-order chi connectivity index (χ1) is 37.4. The Kier molecular flexibility index (Phi) is 9.62. The Labute approximate surface area is 443 Å². The fraction of sp³-hybridized carbons (Fsp3) is 0.167. The minimum Gasteiger partial charge on any atom is -0.456 e. The molecule has 76 heavy (non-hydrogen) atoms. The summed E-state index contributed by atoms with van der Waals surface area (Å²) in [5.74, 6) is 2.60. The van der Waals surface area contributed by atoms with Crippen molar-refractivity contribution in [1.29, 1.82) is 0 Å². The van der Waals surface area contributed by atoms with E-state index < -0.39 is 0 Å². The molecule has 0 N–H and O–H groups in total. The number of nitrogens with zero attached hydrogens (tertiary/aromatic N) is 2. The molecule has 2 aromatic heterocycles. The molecule has 12 aromatic rings. The van der Waals surface area contributed by atoms with Gasteiger partial charge in [-0.25, -0.2) is 0 Å². The third-order valence-electron chi connectivity index (χ3n) is 18.3. The highest BCUT2D eigenvalue weighted by Gasteiger charge is 2.63. The van der Waals surface area contributed by atoms with Gasteiger partial charge in [-0.15, -0.1) is 0 Å². The molecule has 0 unspecified atom stereocenters. The lowest BCUT2D eigenvalue weighted by molar-refractivity contribution is -0.0393. The summed E-state index contributed by atoms with van der Waals surface area (Å²) in [6, 6.07) is 80.3. The quantitative estimate of drug-likeness (QED) is 0.152. The minimum atomic E-state index is -0.221. The Bertz CT molecular complexity index is 4250. The van der Waals surface area contributed by atoms with Gasteiger partial charge in [0.25, 0.3) is 0 Å². The molecule has 4 bridgehead atoms. The van der Waals surface area contributed by atoms with Crippen molar-refractivity contribution in [2.45, 2.75) is 51.4 Å². The number of furan rings is 2. The van der Waals surface area contributed by atoms with E-state index in [2.05, 4.69) is 242 Å². The van der Waals surface area contributed by atoms with Gasteiger partial charge in [-0.1, -0.05) is 121 Å². The zero-order chi connectivity index (χ0) is 50.2. The summed E-state index contributed by atoms with van der Waals surface area (Å²) in [6.45, 7) is 4.35. The van der Waals surface area contributed by atoms with Crippen molar-refractivity contribution in [3.05, 3.63) is 241 Å². The smallest absolute Gasteiger partial charge is 0.140 e. The van der Waals surface area contributed by atoms with Gasteiger partial charge in [0.2, 0.25) is 0 Å². The second-order valence-corrected chi connectivity index (χ2v) is 22.6. The largest absolute Gasteiger partial charge is 0.456 e.